The van der Waals surface area contributed by atoms with Crippen LogP contribution in [0.1, 0.15) is 67.1 Å². The van der Waals surface area contributed by atoms with E-state index >= 15 is 0 Å². The topological polar surface area (TPSA) is 35.5 Å². The highest BCUT2D eigenvalue weighted by atomic mass is 32.2. The Morgan fingerprint density at radius 3 is 2.29 bits per heavy atom. The summed E-state index contributed by atoms with van der Waals surface area (Å²) in [5.74, 6) is 9.48. The van der Waals surface area contributed by atoms with Gasteiger partial charge in [-0.05, 0) is 73.7 Å². The number of ether oxygens (including phenoxy) is 2. The Morgan fingerprint density at radius 1 is 1.00 bits per heavy atom. The molecule has 0 N–H and O–H groups in total. The average molecular weight is 455 g/mol. The lowest BCUT2D eigenvalue weighted by molar-refractivity contribution is 0.0526. The van der Waals surface area contributed by atoms with Crippen molar-refractivity contribution in [3.63, 3.8) is 0 Å². The van der Waals surface area contributed by atoms with Crippen LogP contribution in [0.25, 0.3) is 0 Å². The summed E-state index contributed by atoms with van der Waals surface area (Å²) in [6, 6.07) is 13.5. The average Bonchev–Trinajstić information content (AvgIpc) is 2.81. The van der Waals surface area contributed by atoms with Gasteiger partial charge in [0.25, 0.3) is 0 Å². The molecule has 0 atom stereocenters. The first kappa shape index (κ1) is 23.6. The summed E-state index contributed by atoms with van der Waals surface area (Å²) in [6.07, 6.45) is 3.34. The minimum Gasteiger partial charge on any atom is -0.493 e. The van der Waals surface area contributed by atoms with Gasteiger partial charge in [-0.1, -0.05) is 25.7 Å². The van der Waals surface area contributed by atoms with Gasteiger partial charge in [-0.25, -0.2) is 4.79 Å². The molecule has 3 nitrogen and oxygen atoms in total. The van der Waals surface area contributed by atoms with Gasteiger partial charge in [0, 0.05) is 23.1 Å². The number of carbonyl (C=O) groups excluding carboxylic acids is 1. The van der Waals surface area contributed by atoms with E-state index in [0.717, 1.165) is 54.3 Å². The zero-order valence-corrected chi connectivity index (χ0v) is 20.2. The molecule has 0 unspecified atom stereocenters. The first-order valence-electron chi connectivity index (χ1n) is 11.0. The highest BCUT2D eigenvalue weighted by Crippen LogP contribution is 2.54. The third-order valence-corrected chi connectivity index (χ3v) is 8.62. The van der Waals surface area contributed by atoms with Crippen LogP contribution in [-0.2, 0) is 8.82 Å². The molecule has 164 valence electrons. The molecule has 0 saturated carbocycles. The summed E-state index contributed by atoms with van der Waals surface area (Å²) in [4.78, 5) is 11.8. The molecule has 3 rings (SSSR count). The number of benzene rings is 2. The van der Waals surface area contributed by atoms with E-state index in [2.05, 4.69) is 37.8 Å². The van der Waals surface area contributed by atoms with E-state index in [9.17, 15) is 4.79 Å². The van der Waals surface area contributed by atoms with Gasteiger partial charge in [0.05, 0.1) is 22.9 Å². The summed E-state index contributed by atoms with van der Waals surface area (Å²) in [5.41, 5.74) is 3.66. The van der Waals surface area contributed by atoms with Crippen molar-refractivity contribution in [2.75, 3.05) is 24.7 Å². The highest BCUT2D eigenvalue weighted by Gasteiger charge is 2.38. The zero-order chi connectivity index (χ0) is 22.1. The van der Waals surface area contributed by atoms with E-state index in [1.54, 1.807) is 19.1 Å². The summed E-state index contributed by atoms with van der Waals surface area (Å²) in [6.45, 7) is 7.41. The number of rotatable bonds is 8. The van der Waals surface area contributed by atoms with Gasteiger partial charge < -0.3 is 9.47 Å². The molecule has 0 fully saturated rings. The number of fused-ring (bicyclic) bond motifs is 1. The molecule has 0 aromatic heterocycles. The van der Waals surface area contributed by atoms with E-state index < -0.39 is 0 Å². The Kier molecular flexibility index (Phi) is 8.80. The Bertz CT molecular complexity index is 933. The SMILES string of the molecule is CCCSC1(SCCC)CCOc2ccc(C#Cc3ccc(C(=O)OCC)cc3)cc21. The van der Waals surface area contributed by atoms with Crippen molar-refractivity contribution >= 4 is 29.5 Å². The molecule has 1 heterocycles. The lowest BCUT2D eigenvalue weighted by atomic mass is 10.0. The Morgan fingerprint density at radius 2 is 1.65 bits per heavy atom. The van der Waals surface area contributed by atoms with Crippen LogP contribution in [0.2, 0.25) is 0 Å². The zero-order valence-electron chi connectivity index (χ0n) is 18.5. The second-order valence-corrected chi connectivity index (χ2v) is 10.4. The lowest BCUT2D eigenvalue weighted by Gasteiger charge is -2.38. The van der Waals surface area contributed by atoms with Crippen LogP contribution >= 0.6 is 23.5 Å². The fourth-order valence-electron chi connectivity index (χ4n) is 3.39. The Balaban J connectivity index is 1.86. The van der Waals surface area contributed by atoms with Crippen LogP contribution in [0.4, 0.5) is 0 Å². The predicted octanol–water partition coefficient (Wildman–Crippen LogP) is 6.48. The molecule has 31 heavy (non-hydrogen) atoms. The normalized spacial score (nSPS) is 14.0. The second kappa shape index (κ2) is 11.5. The molecular formula is C26H30O3S2. The van der Waals surface area contributed by atoms with Crippen molar-refractivity contribution in [2.45, 2.75) is 44.1 Å². The van der Waals surface area contributed by atoms with Crippen molar-refractivity contribution in [1.82, 2.24) is 0 Å². The number of thioether (sulfide) groups is 2. The van der Waals surface area contributed by atoms with Gasteiger partial charge in [0.1, 0.15) is 5.75 Å². The maximum atomic E-state index is 11.8. The Labute approximate surface area is 194 Å². The summed E-state index contributed by atoms with van der Waals surface area (Å²) >= 11 is 4.10. The van der Waals surface area contributed by atoms with Crippen LogP contribution in [0.15, 0.2) is 42.5 Å². The summed E-state index contributed by atoms with van der Waals surface area (Å²) < 4.78 is 11.1. The molecule has 2 aromatic rings. The number of hydrogen-bond acceptors (Lipinski definition) is 5. The van der Waals surface area contributed by atoms with E-state index in [-0.39, 0.29) is 10.0 Å². The van der Waals surface area contributed by atoms with Crippen LogP contribution in [0.3, 0.4) is 0 Å². The number of esters is 1. The van der Waals surface area contributed by atoms with Crippen molar-refractivity contribution in [3.05, 3.63) is 64.7 Å². The fraction of sp³-hybridized carbons (Fsp3) is 0.423. The fourth-order valence-corrected chi connectivity index (χ4v) is 6.37. The molecule has 1 aliphatic heterocycles. The summed E-state index contributed by atoms with van der Waals surface area (Å²) in [5, 5.41) is 0. The first-order chi connectivity index (χ1) is 15.1. The molecule has 1 aliphatic rings. The molecule has 0 spiro atoms. The van der Waals surface area contributed by atoms with Gasteiger partial charge in [-0.15, -0.1) is 23.5 Å². The maximum Gasteiger partial charge on any atom is 0.338 e. The lowest BCUT2D eigenvalue weighted by Crippen LogP contribution is -2.28. The highest BCUT2D eigenvalue weighted by molar-refractivity contribution is 8.17. The van der Waals surface area contributed by atoms with Gasteiger partial charge in [0.15, 0.2) is 0 Å². The smallest absolute Gasteiger partial charge is 0.338 e. The van der Waals surface area contributed by atoms with Crippen molar-refractivity contribution in [3.8, 4) is 17.6 Å². The van der Waals surface area contributed by atoms with E-state index in [1.807, 2.05) is 41.7 Å². The molecule has 0 saturated heterocycles. The first-order valence-corrected chi connectivity index (χ1v) is 12.9. The molecule has 0 aliphatic carbocycles. The second-order valence-electron chi connectivity index (χ2n) is 7.31. The third kappa shape index (κ3) is 6.02. The molecule has 5 heteroatoms. The van der Waals surface area contributed by atoms with E-state index in [0.29, 0.717) is 12.2 Å². The largest absolute Gasteiger partial charge is 0.493 e. The van der Waals surface area contributed by atoms with Crippen LogP contribution in [-0.4, -0.2) is 30.7 Å². The van der Waals surface area contributed by atoms with Crippen LogP contribution in [0.5, 0.6) is 5.75 Å². The van der Waals surface area contributed by atoms with Crippen LogP contribution in [0, 0.1) is 11.8 Å². The molecule has 0 bridgehead atoms. The monoisotopic (exact) mass is 454 g/mol. The number of carbonyl (C=O) groups is 1. The minimum absolute atomic E-state index is 0.0403. The van der Waals surface area contributed by atoms with Crippen molar-refractivity contribution < 1.29 is 14.3 Å². The molecular weight excluding hydrogens is 424 g/mol. The van der Waals surface area contributed by atoms with Crippen molar-refractivity contribution in [1.29, 1.82) is 0 Å². The molecule has 2 aromatic carbocycles. The standard InChI is InChI=1S/C26H30O3S2/c1-4-17-30-26(31-18-5-2)15-16-29-24-14-11-21(19-23(24)26)8-7-20-9-12-22(13-10-20)25(27)28-6-3/h9-14,19H,4-6,15-18H2,1-3H3. The van der Waals surface area contributed by atoms with Crippen molar-refractivity contribution in [2.24, 2.45) is 0 Å². The summed E-state index contributed by atoms with van der Waals surface area (Å²) in [7, 11) is 0. The van der Waals surface area contributed by atoms with Crippen LogP contribution < -0.4 is 4.74 Å². The van der Waals surface area contributed by atoms with Gasteiger partial charge in [-0.2, -0.15) is 0 Å². The maximum absolute atomic E-state index is 11.8. The van der Waals surface area contributed by atoms with Gasteiger partial charge >= 0.3 is 5.97 Å². The Hall–Kier alpha value is -2.03. The molecule has 0 amide bonds. The van der Waals surface area contributed by atoms with E-state index in [1.165, 1.54) is 5.56 Å². The van der Waals surface area contributed by atoms with Gasteiger partial charge in [0.2, 0.25) is 0 Å². The molecule has 0 radical (unpaired) electrons. The predicted molar refractivity (Wildman–Crippen MR) is 132 cm³/mol. The minimum atomic E-state index is -0.304. The number of hydrogen-bond donors (Lipinski definition) is 0. The quantitative estimate of drug-likeness (QED) is 0.259. The third-order valence-electron chi connectivity index (χ3n) is 4.90. The van der Waals surface area contributed by atoms with Gasteiger partial charge in [-0.3, -0.25) is 0 Å². The van der Waals surface area contributed by atoms with E-state index in [4.69, 9.17) is 9.47 Å².